The molecule has 3 rings (SSSR count). The van der Waals surface area contributed by atoms with Crippen LogP contribution < -0.4 is 10.0 Å². The van der Waals surface area contributed by atoms with Gasteiger partial charge in [-0.3, -0.25) is 9.52 Å². The Morgan fingerprint density at radius 3 is 2.25 bits per heavy atom. The Morgan fingerprint density at radius 2 is 1.71 bits per heavy atom. The highest BCUT2D eigenvalue weighted by atomic mass is 32.2. The van der Waals surface area contributed by atoms with Crippen molar-refractivity contribution < 1.29 is 13.2 Å². The second-order valence-electron chi connectivity index (χ2n) is 6.56. The van der Waals surface area contributed by atoms with Crippen LogP contribution in [0.5, 0.6) is 0 Å². The monoisotopic (exact) mass is 418 g/mol. The first-order valence-electron chi connectivity index (χ1n) is 8.59. The van der Waals surface area contributed by atoms with Gasteiger partial charge in [-0.1, -0.05) is 0 Å². The van der Waals surface area contributed by atoms with E-state index in [0.29, 0.717) is 17.1 Å². The van der Waals surface area contributed by atoms with E-state index in [1.807, 2.05) is 25.5 Å². The predicted octanol–water partition coefficient (Wildman–Crippen LogP) is 3.83. The van der Waals surface area contributed by atoms with Crippen molar-refractivity contribution in [3.63, 3.8) is 0 Å². The third-order valence-electron chi connectivity index (χ3n) is 4.48. The van der Waals surface area contributed by atoms with Crippen LogP contribution in [0.4, 0.5) is 11.4 Å². The minimum atomic E-state index is -3.77. The summed E-state index contributed by atoms with van der Waals surface area (Å²) in [5.41, 5.74) is 3.35. The lowest BCUT2D eigenvalue weighted by Gasteiger charge is -2.09. The first-order chi connectivity index (χ1) is 13.1. The molecule has 0 bridgehead atoms. The second kappa shape index (κ2) is 7.40. The quantitative estimate of drug-likeness (QED) is 0.658. The summed E-state index contributed by atoms with van der Waals surface area (Å²) in [5, 5.41) is 3.44. The number of carbonyl (C=O) groups excluding carboxylic acids is 1. The Bertz CT molecular complexity index is 1120. The number of sulfonamides is 1. The average molecular weight is 419 g/mol. The van der Waals surface area contributed by atoms with Crippen LogP contribution >= 0.6 is 11.3 Å². The topological polar surface area (TPSA) is 93.1 Å². The van der Waals surface area contributed by atoms with Crippen molar-refractivity contribution in [2.24, 2.45) is 7.05 Å². The summed E-state index contributed by atoms with van der Waals surface area (Å²) >= 11 is 1.54. The van der Waals surface area contributed by atoms with Gasteiger partial charge in [-0.05, 0) is 51.1 Å². The zero-order valence-electron chi connectivity index (χ0n) is 16.3. The van der Waals surface area contributed by atoms with Crippen molar-refractivity contribution in [2.75, 3.05) is 10.0 Å². The zero-order chi connectivity index (χ0) is 20.6. The molecule has 148 valence electrons. The van der Waals surface area contributed by atoms with E-state index in [1.54, 1.807) is 48.6 Å². The van der Waals surface area contributed by atoms with Gasteiger partial charge in [0.05, 0.1) is 11.4 Å². The summed E-state index contributed by atoms with van der Waals surface area (Å²) < 4.78 is 30.3. The smallest absolute Gasteiger partial charge is 0.263 e. The van der Waals surface area contributed by atoms with Crippen LogP contribution in [0, 0.1) is 20.8 Å². The number of anilines is 2. The van der Waals surface area contributed by atoms with Crippen LogP contribution in [-0.4, -0.2) is 23.9 Å². The van der Waals surface area contributed by atoms with Crippen LogP contribution in [0.1, 0.15) is 23.2 Å². The van der Waals surface area contributed by atoms with Gasteiger partial charge in [0.25, 0.3) is 10.0 Å². The molecule has 0 aliphatic heterocycles. The summed E-state index contributed by atoms with van der Waals surface area (Å²) in [6.45, 7) is 7.12. The van der Waals surface area contributed by atoms with Gasteiger partial charge in [-0.25, -0.2) is 13.4 Å². The normalized spacial score (nSPS) is 11.5. The van der Waals surface area contributed by atoms with Gasteiger partial charge in [0, 0.05) is 35.9 Å². The van der Waals surface area contributed by atoms with Gasteiger partial charge in [0.15, 0.2) is 0 Å². The molecule has 0 aliphatic rings. The molecule has 7 nitrogen and oxygen atoms in total. The van der Waals surface area contributed by atoms with Gasteiger partial charge < -0.3 is 9.88 Å². The molecule has 9 heteroatoms. The van der Waals surface area contributed by atoms with Crippen LogP contribution in [0.15, 0.2) is 35.2 Å². The van der Waals surface area contributed by atoms with Crippen molar-refractivity contribution in [3.05, 3.63) is 46.6 Å². The lowest BCUT2D eigenvalue weighted by Crippen LogP contribution is -2.14. The molecule has 2 aromatic heterocycles. The fraction of sp³-hybridized carbons (Fsp3) is 0.263. The molecule has 1 aromatic carbocycles. The van der Waals surface area contributed by atoms with Crippen molar-refractivity contribution in [2.45, 2.75) is 32.6 Å². The average Bonchev–Trinajstić information content (AvgIpc) is 3.09. The maximum absolute atomic E-state index is 12.9. The summed E-state index contributed by atoms with van der Waals surface area (Å²) in [4.78, 5) is 17.0. The standard InChI is InChI=1S/C19H22N4O3S2/c1-11-13(3)27-19(20-11)17-10-18(12(2)23(17)5)28(25,26)22-16-8-6-15(7-9-16)21-14(4)24/h6-10,22H,1-5H3,(H,21,24). The Labute approximate surface area is 168 Å². The third-order valence-corrected chi connectivity index (χ3v) is 7.08. The molecule has 0 spiro atoms. The number of thiazole rings is 1. The molecule has 28 heavy (non-hydrogen) atoms. The predicted molar refractivity (Wildman–Crippen MR) is 112 cm³/mol. The largest absolute Gasteiger partial charge is 0.345 e. The molecule has 0 radical (unpaired) electrons. The number of nitrogens with one attached hydrogen (secondary N) is 2. The third kappa shape index (κ3) is 3.95. The first kappa shape index (κ1) is 20.1. The van der Waals surface area contributed by atoms with Crippen molar-refractivity contribution in [1.82, 2.24) is 9.55 Å². The van der Waals surface area contributed by atoms with Crippen molar-refractivity contribution in [3.8, 4) is 10.7 Å². The highest BCUT2D eigenvalue weighted by Crippen LogP contribution is 2.32. The molecule has 0 fully saturated rings. The molecule has 3 aromatic rings. The summed E-state index contributed by atoms with van der Waals surface area (Å²) in [7, 11) is -1.94. The zero-order valence-corrected chi connectivity index (χ0v) is 18.0. The molecule has 0 atom stereocenters. The highest BCUT2D eigenvalue weighted by Gasteiger charge is 2.23. The van der Waals surface area contributed by atoms with E-state index in [0.717, 1.165) is 21.3 Å². The number of benzene rings is 1. The minimum absolute atomic E-state index is 0.187. The SMILES string of the molecule is CC(=O)Nc1ccc(NS(=O)(=O)c2cc(-c3nc(C)c(C)s3)n(C)c2C)cc1. The lowest BCUT2D eigenvalue weighted by atomic mass is 10.3. The molecule has 0 saturated carbocycles. The Morgan fingerprint density at radius 1 is 1.11 bits per heavy atom. The number of amides is 1. The molecule has 2 heterocycles. The van der Waals surface area contributed by atoms with Gasteiger partial charge in [-0.15, -0.1) is 11.3 Å². The fourth-order valence-corrected chi connectivity index (χ4v) is 5.08. The number of rotatable bonds is 5. The van der Waals surface area contributed by atoms with E-state index in [2.05, 4.69) is 15.0 Å². The van der Waals surface area contributed by atoms with Gasteiger partial charge >= 0.3 is 0 Å². The molecule has 0 aliphatic carbocycles. The van der Waals surface area contributed by atoms with Crippen LogP contribution in [-0.2, 0) is 21.9 Å². The van der Waals surface area contributed by atoms with E-state index >= 15 is 0 Å². The number of carbonyl (C=O) groups is 1. The minimum Gasteiger partial charge on any atom is -0.345 e. The molecular weight excluding hydrogens is 396 g/mol. The van der Waals surface area contributed by atoms with Crippen LogP contribution in [0.25, 0.3) is 10.7 Å². The molecule has 0 unspecified atom stereocenters. The van der Waals surface area contributed by atoms with E-state index in [9.17, 15) is 13.2 Å². The number of nitrogens with zero attached hydrogens (tertiary/aromatic N) is 2. The van der Waals surface area contributed by atoms with E-state index in [-0.39, 0.29) is 10.8 Å². The number of aromatic nitrogens is 2. The van der Waals surface area contributed by atoms with Crippen LogP contribution in [0.3, 0.4) is 0 Å². The van der Waals surface area contributed by atoms with Gasteiger partial charge in [-0.2, -0.15) is 0 Å². The molecule has 2 N–H and O–H groups in total. The molecule has 0 saturated heterocycles. The first-order valence-corrected chi connectivity index (χ1v) is 10.9. The summed E-state index contributed by atoms with van der Waals surface area (Å²) in [6.07, 6.45) is 0. The second-order valence-corrected chi connectivity index (χ2v) is 9.42. The lowest BCUT2D eigenvalue weighted by molar-refractivity contribution is -0.114. The fourth-order valence-electron chi connectivity index (χ4n) is 2.77. The van der Waals surface area contributed by atoms with Crippen molar-refractivity contribution in [1.29, 1.82) is 0 Å². The Hall–Kier alpha value is -2.65. The maximum atomic E-state index is 12.9. The maximum Gasteiger partial charge on any atom is 0.263 e. The molecular formula is C19H22N4O3S2. The Kier molecular flexibility index (Phi) is 5.31. The van der Waals surface area contributed by atoms with E-state index in [1.165, 1.54) is 6.92 Å². The van der Waals surface area contributed by atoms with Gasteiger partial charge in [0.1, 0.15) is 9.90 Å². The van der Waals surface area contributed by atoms with Crippen LogP contribution in [0.2, 0.25) is 0 Å². The van der Waals surface area contributed by atoms with E-state index < -0.39 is 10.0 Å². The highest BCUT2D eigenvalue weighted by molar-refractivity contribution is 7.92. The van der Waals surface area contributed by atoms with Gasteiger partial charge in [0.2, 0.25) is 5.91 Å². The number of hydrogen-bond donors (Lipinski definition) is 2. The number of hydrogen-bond acceptors (Lipinski definition) is 5. The number of aryl methyl sites for hydroxylation is 2. The summed E-state index contributed by atoms with van der Waals surface area (Å²) in [6, 6.07) is 8.15. The molecule has 1 amide bonds. The van der Waals surface area contributed by atoms with Crippen molar-refractivity contribution >= 4 is 38.6 Å². The summed E-state index contributed by atoms with van der Waals surface area (Å²) in [5.74, 6) is -0.187. The van der Waals surface area contributed by atoms with E-state index in [4.69, 9.17) is 0 Å². The Balaban J connectivity index is 1.91.